The summed E-state index contributed by atoms with van der Waals surface area (Å²) in [5.74, 6) is 2.22. The molecule has 0 radical (unpaired) electrons. The Kier molecular flexibility index (Phi) is 5.58. The highest BCUT2D eigenvalue weighted by molar-refractivity contribution is 7.99. The maximum absolute atomic E-state index is 12.7. The maximum atomic E-state index is 12.7. The predicted octanol–water partition coefficient (Wildman–Crippen LogP) is 4.03. The van der Waals surface area contributed by atoms with Crippen LogP contribution in [0, 0.1) is 0 Å². The van der Waals surface area contributed by atoms with E-state index in [4.69, 9.17) is 0 Å². The second kappa shape index (κ2) is 8.25. The standard InChI is InChI=1S/C20H26N4OS/c25-18(23-13-7-2-1-3-8-14-23)15-26-20-22-21-19(16-11-12-16)24(20)17-9-5-4-6-10-17/h4-6,9-10,16H,1-3,7-8,11-15H2. The van der Waals surface area contributed by atoms with Crippen molar-refractivity contribution in [1.29, 1.82) is 0 Å². The first-order chi connectivity index (χ1) is 12.8. The third-order valence-corrected chi connectivity index (χ3v) is 6.06. The Morgan fingerprint density at radius 2 is 1.69 bits per heavy atom. The van der Waals surface area contributed by atoms with Crippen LogP contribution in [0.2, 0.25) is 0 Å². The van der Waals surface area contributed by atoms with Crippen molar-refractivity contribution in [2.45, 2.75) is 56.0 Å². The molecule has 4 rings (SSSR count). The minimum Gasteiger partial charge on any atom is -0.342 e. The lowest BCUT2D eigenvalue weighted by atomic mass is 10.1. The highest BCUT2D eigenvalue weighted by Gasteiger charge is 2.31. The number of hydrogen-bond donors (Lipinski definition) is 0. The average molecular weight is 371 g/mol. The highest BCUT2D eigenvalue weighted by atomic mass is 32.2. The van der Waals surface area contributed by atoms with Crippen LogP contribution in [0.1, 0.15) is 56.7 Å². The van der Waals surface area contributed by atoms with Crippen molar-refractivity contribution in [1.82, 2.24) is 19.7 Å². The molecule has 2 fully saturated rings. The Bertz CT molecular complexity index is 734. The topological polar surface area (TPSA) is 51.0 Å². The van der Waals surface area contributed by atoms with E-state index in [0.717, 1.165) is 42.6 Å². The summed E-state index contributed by atoms with van der Waals surface area (Å²) in [6, 6.07) is 10.2. The molecule has 2 heterocycles. The van der Waals surface area contributed by atoms with Gasteiger partial charge in [0.25, 0.3) is 0 Å². The van der Waals surface area contributed by atoms with Crippen molar-refractivity contribution in [2.75, 3.05) is 18.8 Å². The second-order valence-corrected chi connectivity index (χ2v) is 8.17. The fourth-order valence-corrected chi connectivity index (χ4v) is 4.38. The maximum Gasteiger partial charge on any atom is 0.233 e. The third kappa shape index (κ3) is 4.11. The summed E-state index contributed by atoms with van der Waals surface area (Å²) in [4.78, 5) is 14.7. The summed E-state index contributed by atoms with van der Waals surface area (Å²) in [7, 11) is 0. The van der Waals surface area contributed by atoms with E-state index in [9.17, 15) is 4.79 Å². The fourth-order valence-electron chi connectivity index (χ4n) is 3.51. The lowest BCUT2D eigenvalue weighted by Crippen LogP contribution is -2.35. The largest absolute Gasteiger partial charge is 0.342 e. The van der Waals surface area contributed by atoms with Gasteiger partial charge in [0, 0.05) is 24.7 Å². The van der Waals surface area contributed by atoms with E-state index in [1.165, 1.54) is 43.9 Å². The zero-order chi connectivity index (χ0) is 17.8. The van der Waals surface area contributed by atoms with E-state index in [2.05, 4.69) is 26.9 Å². The number of para-hydroxylation sites is 1. The Balaban J connectivity index is 1.47. The molecule has 26 heavy (non-hydrogen) atoms. The van der Waals surface area contributed by atoms with Crippen molar-refractivity contribution in [3.05, 3.63) is 36.2 Å². The molecule has 0 spiro atoms. The Hall–Kier alpha value is -1.82. The fraction of sp³-hybridized carbons (Fsp3) is 0.550. The molecule has 0 N–H and O–H groups in total. The number of aromatic nitrogens is 3. The van der Waals surface area contributed by atoms with Gasteiger partial charge >= 0.3 is 0 Å². The van der Waals surface area contributed by atoms with Gasteiger partial charge in [-0.2, -0.15) is 0 Å². The van der Waals surface area contributed by atoms with Crippen LogP contribution < -0.4 is 0 Å². The number of carbonyl (C=O) groups is 1. The molecule has 0 atom stereocenters. The molecule has 1 aromatic heterocycles. The van der Waals surface area contributed by atoms with Gasteiger partial charge in [0.2, 0.25) is 5.91 Å². The second-order valence-electron chi connectivity index (χ2n) is 7.22. The van der Waals surface area contributed by atoms with E-state index in [0.29, 0.717) is 11.7 Å². The molecule has 0 bridgehead atoms. The van der Waals surface area contributed by atoms with Gasteiger partial charge in [0.15, 0.2) is 5.16 Å². The molecule has 1 amide bonds. The van der Waals surface area contributed by atoms with Crippen LogP contribution in [0.25, 0.3) is 5.69 Å². The number of thioether (sulfide) groups is 1. The van der Waals surface area contributed by atoms with E-state index < -0.39 is 0 Å². The lowest BCUT2D eigenvalue weighted by Gasteiger charge is -2.24. The van der Waals surface area contributed by atoms with Crippen LogP contribution in [0.15, 0.2) is 35.5 Å². The smallest absolute Gasteiger partial charge is 0.233 e. The van der Waals surface area contributed by atoms with E-state index in [1.807, 2.05) is 23.1 Å². The summed E-state index contributed by atoms with van der Waals surface area (Å²) in [5.41, 5.74) is 1.08. The van der Waals surface area contributed by atoms with E-state index >= 15 is 0 Å². The minimum atomic E-state index is 0.229. The zero-order valence-corrected chi connectivity index (χ0v) is 16.0. The molecule has 1 aliphatic heterocycles. The molecule has 1 saturated carbocycles. The average Bonchev–Trinajstić information content (AvgIpc) is 3.40. The molecule has 6 heteroatoms. The highest BCUT2D eigenvalue weighted by Crippen LogP contribution is 2.41. The van der Waals surface area contributed by atoms with Crippen molar-refractivity contribution >= 4 is 17.7 Å². The van der Waals surface area contributed by atoms with Crippen LogP contribution in [-0.2, 0) is 4.79 Å². The zero-order valence-electron chi connectivity index (χ0n) is 15.1. The molecule has 2 aromatic rings. The van der Waals surface area contributed by atoms with Crippen molar-refractivity contribution in [3.8, 4) is 5.69 Å². The van der Waals surface area contributed by atoms with Gasteiger partial charge in [-0.3, -0.25) is 9.36 Å². The van der Waals surface area contributed by atoms with Crippen LogP contribution in [0.4, 0.5) is 0 Å². The third-order valence-electron chi connectivity index (χ3n) is 5.15. The molecule has 138 valence electrons. The number of hydrogen-bond acceptors (Lipinski definition) is 4. The molecule has 5 nitrogen and oxygen atoms in total. The molecule has 1 aromatic carbocycles. The lowest BCUT2D eigenvalue weighted by molar-refractivity contribution is -0.128. The summed E-state index contributed by atoms with van der Waals surface area (Å²) in [5, 5.41) is 9.68. The quantitative estimate of drug-likeness (QED) is 0.746. The van der Waals surface area contributed by atoms with Crippen molar-refractivity contribution in [3.63, 3.8) is 0 Å². The molecule has 1 aliphatic carbocycles. The van der Waals surface area contributed by atoms with Gasteiger partial charge in [-0.15, -0.1) is 10.2 Å². The normalized spacial score (nSPS) is 18.4. The van der Waals surface area contributed by atoms with Gasteiger partial charge < -0.3 is 4.90 Å². The Morgan fingerprint density at radius 3 is 2.38 bits per heavy atom. The Morgan fingerprint density at radius 1 is 1.00 bits per heavy atom. The first-order valence-corrected chi connectivity index (χ1v) is 10.7. The van der Waals surface area contributed by atoms with Crippen molar-refractivity contribution < 1.29 is 4.79 Å². The Labute approximate surface area is 159 Å². The first kappa shape index (κ1) is 17.6. The molecular weight excluding hydrogens is 344 g/mol. The number of rotatable bonds is 5. The predicted molar refractivity (Wildman–Crippen MR) is 104 cm³/mol. The van der Waals surface area contributed by atoms with Gasteiger partial charge in [-0.25, -0.2) is 0 Å². The molecule has 2 aliphatic rings. The van der Waals surface area contributed by atoms with E-state index in [-0.39, 0.29) is 5.91 Å². The van der Waals surface area contributed by atoms with Gasteiger partial charge in [0.1, 0.15) is 5.82 Å². The summed E-state index contributed by atoms with van der Waals surface area (Å²) in [6.07, 6.45) is 8.41. The van der Waals surface area contributed by atoms with Crippen molar-refractivity contribution in [2.24, 2.45) is 0 Å². The molecule has 0 unspecified atom stereocenters. The number of carbonyl (C=O) groups excluding carboxylic acids is 1. The van der Waals surface area contributed by atoms with Crippen LogP contribution in [-0.4, -0.2) is 44.4 Å². The number of benzene rings is 1. The SMILES string of the molecule is O=C(CSc1nnc(C2CC2)n1-c1ccccc1)N1CCCCCCC1. The van der Waals surface area contributed by atoms with Gasteiger partial charge in [0.05, 0.1) is 5.75 Å². The minimum absolute atomic E-state index is 0.229. The summed E-state index contributed by atoms with van der Waals surface area (Å²) >= 11 is 1.52. The number of likely N-dealkylation sites (tertiary alicyclic amines) is 1. The molecular formula is C20H26N4OS. The first-order valence-electron chi connectivity index (χ1n) is 9.74. The summed E-state index contributed by atoms with van der Waals surface area (Å²) in [6.45, 7) is 1.80. The van der Waals surface area contributed by atoms with Gasteiger partial charge in [-0.05, 0) is 37.8 Å². The van der Waals surface area contributed by atoms with E-state index in [1.54, 1.807) is 0 Å². The number of amides is 1. The van der Waals surface area contributed by atoms with Crippen LogP contribution in [0.5, 0.6) is 0 Å². The van der Waals surface area contributed by atoms with Crippen LogP contribution in [0.3, 0.4) is 0 Å². The van der Waals surface area contributed by atoms with Crippen LogP contribution >= 0.6 is 11.8 Å². The summed E-state index contributed by atoms with van der Waals surface area (Å²) < 4.78 is 2.14. The monoisotopic (exact) mass is 370 g/mol. The number of nitrogens with zero attached hydrogens (tertiary/aromatic N) is 4. The molecule has 1 saturated heterocycles. The van der Waals surface area contributed by atoms with Gasteiger partial charge in [-0.1, -0.05) is 49.2 Å².